The number of hydrogen-bond donors (Lipinski definition) is 1. The van der Waals surface area contributed by atoms with Gasteiger partial charge < -0.3 is 10.1 Å². The molecule has 0 saturated carbocycles. The van der Waals surface area contributed by atoms with Crippen molar-refractivity contribution in [1.29, 1.82) is 0 Å². The zero-order valence-electron chi connectivity index (χ0n) is 8.95. The van der Waals surface area contributed by atoms with Gasteiger partial charge in [0.25, 0.3) is 0 Å². The van der Waals surface area contributed by atoms with Crippen molar-refractivity contribution in [3.8, 4) is 11.6 Å². The van der Waals surface area contributed by atoms with Gasteiger partial charge in [-0.25, -0.2) is 8.78 Å². The standard InChI is InChI=1S/C11H9F2N3O/c1-14-10-5-15-6-11(16-10)17-7-2-3-8(12)9(13)4-7/h2-6H,1H3,(H,14,16). The van der Waals surface area contributed by atoms with Crippen LogP contribution in [0.25, 0.3) is 0 Å². The predicted molar refractivity (Wildman–Crippen MR) is 58.0 cm³/mol. The van der Waals surface area contributed by atoms with Gasteiger partial charge >= 0.3 is 0 Å². The number of rotatable bonds is 3. The molecule has 0 unspecified atom stereocenters. The highest BCUT2D eigenvalue weighted by Gasteiger charge is 2.05. The van der Waals surface area contributed by atoms with E-state index in [0.717, 1.165) is 12.1 Å². The molecule has 4 nitrogen and oxygen atoms in total. The Bertz CT molecular complexity index is 534. The minimum absolute atomic E-state index is 0.159. The molecule has 0 saturated heterocycles. The molecule has 0 radical (unpaired) electrons. The van der Waals surface area contributed by atoms with Crippen LogP contribution >= 0.6 is 0 Å². The second-order valence-electron chi connectivity index (χ2n) is 3.17. The lowest BCUT2D eigenvalue weighted by Gasteiger charge is -2.05. The minimum atomic E-state index is -0.972. The minimum Gasteiger partial charge on any atom is -0.437 e. The van der Waals surface area contributed by atoms with Gasteiger partial charge in [-0.1, -0.05) is 0 Å². The van der Waals surface area contributed by atoms with E-state index in [2.05, 4.69) is 15.3 Å². The van der Waals surface area contributed by atoms with Gasteiger partial charge in [-0.05, 0) is 12.1 Å². The highest BCUT2D eigenvalue weighted by molar-refractivity contribution is 5.34. The summed E-state index contributed by atoms with van der Waals surface area (Å²) < 4.78 is 30.8. The molecule has 0 fully saturated rings. The summed E-state index contributed by atoms with van der Waals surface area (Å²) in [4.78, 5) is 7.90. The smallest absolute Gasteiger partial charge is 0.239 e. The molecule has 0 atom stereocenters. The average molecular weight is 237 g/mol. The van der Waals surface area contributed by atoms with Crippen LogP contribution in [-0.4, -0.2) is 17.0 Å². The van der Waals surface area contributed by atoms with Crippen LogP contribution in [0.1, 0.15) is 0 Å². The first-order chi connectivity index (χ1) is 8.19. The molecule has 2 rings (SSSR count). The van der Waals surface area contributed by atoms with Crippen molar-refractivity contribution in [2.24, 2.45) is 0 Å². The maximum absolute atomic E-state index is 12.9. The lowest BCUT2D eigenvalue weighted by Crippen LogP contribution is -1.96. The Balaban J connectivity index is 2.22. The Labute approximate surface area is 96.3 Å². The van der Waals surface area contributed by atoms with Crippen molar-refractivity contribution in [2.75, 3.05) is 12.4 Å². The number of ether oxygens (including phenoxy) is 1. The van der Waals surface area contributed by atoms with Crippen LogP contribution in [-0.2, 0) is 0 Å². The quantitative estimate of drug-likeness (QED) is 0.891. The van der Waals surface area contributed by atoms with Gasteiger partial charge in [0.05, 0.1) is 12.4 Å². The van der Waals surface area contributed by atoms with E-state index in [0.29, 0.717) is 5.82 Å². The van der Waals surface area contributed by atoms with Crippen molar-refractivity contribution in [3.05, 3.63) is 42.2 Å². The fourth-order valence-corrected chi connectivity index (χ4v) is 1.18. The van der Waals surface area contributed by atoms with Crippen LogP contribution in [0.3, 0.4) is 0 Å². The highest BCUT2D eigenvalue weighted by Crippen LogP contribution is 2.21. The van der Waals surface area contributed by atoms with Gasteiger partial charge in [0.1, 0.15) is 11.6 Å². The Hall–Kier alpha value is -2.24. The first-order valence-corrected chi connectivity index (χ1v) is 4.82. The van der Waals surface area contributed by atoms with Gasteiger partial charge in [-0.3, -0.25) is 4.98 Å². The number of anilines is 1. The Kier molecular flexibility index (Phi) is 3.13. The Morgan fingerprint density at radius 1 is 1.18 bits per heavy atom. The van der Waals surface area contributed by atoms with E-state index >= 15 is 0 Å². The van der Waals surface area contributed by atoms with E-state index in [9.17, 15) is 8.78 Å². The SMILES string of the molecule is CNc1cncc(Oc2ccc(F)c(F)c2)n1. The summed E-state index contributed by atoms with van der Waals surface area (Å²) in [6.07, 6.45) is 2.89. The molecule has 1 aromatic carbocycles. The zero-order valence-corrected chi connectivity index (χ0v) is 8.95. The lowest BCUT2D eigenvalue weighted by molar-refractivity contribution is 0.446. The summed E-state index contributed by atoms with van der Waals surface area (Å²) >= 11 is 0. The molecule has 88 valence electrons. The van der Waals surface area contributed by atoms with Crippen molar-refractivity contribution >= 4 is 5.82 Å². The van der Waals surface area contributed by atoms with Crippen LogP contribution in [0.4, 0.5) is 14.6 Å². The molecule has 17 heavy (non-hydrogen) atoms. The highest BCUT2D eigenvalue weighted by atomic mass is 19.2. The third kappa shape index (κ3) is 2.66. The molecule has 2 aromatic rings. The average Bonchev–Trinajstić information content (AvgIpc) is 2.34. The van der Waals surface area contributed by atoms with Crippen LogP contribution in [0, 0.1) is 11.6 Å². The van der Waals surface area contributed by atoms with E-state index in [1.807, 2.05) is 0 Å². The molecular weight excluding hydrogens is 228 g/mol. The van der Waals surface area contributed by atoms with E-state index < -0.39 is 11.6 Å². The second-order valence-corrected chi connectivity index (χ2v) is 3.17. The van der Waals surface area contributed by atoms with Crippen molar-refractivity contribution in [3.63, 3.8) is 0 Å². The third-order valence-corrected chi connectivity index (χ3v) is 1.98. The summed E-state index contributed by atoms with van der Waals surface area (Å²) in [5, 5.41) is 2.79. The molecular formula is C11H9F2N3O. The van der Waals surface area contributed by atoms with Crippen LogP contribution < -0.4 is 10.1 Å². The lowest BCUT2D eigenvalue weighted by atomic mass is 10.3. The number of aromatic nitrogens is 2. The summed E-state index contributed by atoms with van der Waals surface area (Å²) in [7, 11) is 1.69. The first kappa shape index (κ1) is 11.3. The molecule has 0 bridgehead atoms. The number of hydrogen-bond acceptors (Lipinski definition) is 4. The number of nitrogens with one attached hydrogen (secondary N) is 1. The molecule has 0 aliphatic heterocycles. The molecule has 0 aliphatic carbocycles. The third-order valence-electron chi connectivity index (χ3n) is 1.98. The fourth-order valence-electron chi connectivity index (χ4n) is 1.18. The fraction of sp³-hybridized carbons (Fsp3) is 0.0909. The summed E-state index contributed by atoms with van der Waals surface area (Å²) in [6, 6.07) is 3.25. The Morgan fingerprint density at radius 3 is 2.71 bits per heavy atom. The topological polar surface area (TPSA) is 47.0 Å². The summed E-state index contributed by atoms with van der Waals surface area (Å²) in [5.74, 6) is -1.02. The maximum atomic E-state index is 12.9. The van der Waals surface area contributed by atoms with Gasteiger partial charge in [0, 0.05) is 13.1 Å². The van der Waals surface area contributed by atoms with E-state index in [-0.39, 0.29) is 11.6 Å². The van der Waals surface area contributed by atoms with Crippen molar-refractivity contribution in [1.82, 2.24) is 9.97 Å². The van der Waals surface area contributed by atoms with E-state index in [1.165, 1.54) is 18.5 Å². The van der Waals surface area contributed by atoms with Crippen molar-refractivity contribution in [2.45, 2.75) is 0 Å². The number of nitrogens with zero attached hydrogens (tertiary/aromatic N) is 2. The largest absolute Gasteiger partial charge is 0.437 e. The van der Waals surface area contributed by atoms with Gasteiger partial charge in [0.15, 0.2) is 11.6 Å². The normalized spacial score (nSPS) is 10.1. The number of benzene rings is 1. The van der Waals surface area contributed by atoms with Crippen molar-refractivity contribution < 1.29 is 13.5 Å². The first-order valence-electron chi connectivity index (χ1n) is 4.82. The summed E-state index contributed by atoms with van der Waals surface area (Å²) in [5.41, 5.74) is 0. The van der Waals surface area contributed by atoms with Crippen LogP contribution in [0.15, 0.2) is 30.6 Å². The van der Waals surface area contributed by atoms with E-state index in [1.54, 1.807) is 7.05 Å². The molecule has 0 spiro atoms. The van der Waals surface area contributed by atoms with Gasteiger partial charge in [-0.15, -0.1) is 0 Å². The molecule has 6 heteroatoms. The monoisotopic (exact) mass is 237 g/mol. The van der Waals surface area contributed by atoms with Crippen LogP contribution in [0.5, 0.6) is 11.6 Å². The summed E-state index contributed by atoms with van der Waals surface area (Å²) in [6.45, 7) is 0. The Morgan fingerprint density at radius 2 is 2.00 bits per heavy atom. The molecule has 1 heterocycles. The molecule has 0 amide bonds. The maximum Gasteiger partial charge on any atom is 0.239 e. The molecule has 1 N–H and O–H groups in total. The predicted octanol–water partition coefficient (Wildman–Crippen LogP) is 2.59. The number of halogens is 2. The molecule has 0 aliphatic rings. The van der Waals surface area contributed by atoms with Gasteiger partial charge in [-0.2, -0.15) is 4.98 Å². The second kappa shape index (κ2) is 4.73. The van der Waals surface area contributed by atoms with Crippen LogP contribution in [0.2, 0.25) is 0 Å². The zero-order chi connectivity index (χ0) is 12.3. The molecule has 1 aromatic heterocycles. The van der Waals surface area contributed by atoms with Gasteiger partial charge in [0.2, 0.25) is 5.88 Å². The van der Waals surface area contributed by atoms with E-state index in [4.69, 9.17) is 4.74 Å².